The highest BCUT2D eigenvalue weighted by Crippen LogP contribution is 1.96. The van der Waals surface area contributed by atoms with Crippen LogP contribution < -0.4 is 0 Å². The van der Waals surface area contributed by atoms with E-state index in [1.165, 1.54) is 19.0 Å². The van der Waals surface area contributed by atoms with Gasteiger partial charge in [-0.05, 0) is 36.5 Å². The van der Waals surface area contributed by atoms with E-state index >= 15 is 0 Å². The van der Waals surface area contributed by atoms with Crippen molar-refractivity contribution in [3.8, 4) is 0 Å². The van der Waals surface area contributed by atoms with Gasteiger partial charge in [0, 0.05) is 71.0 Å². The second-order valence-electron chi connectivity index (χ2n) is 5.92. The van der Waals surface area contributed by atoms with E-state index in [1.807, 2.05) is 0 Å². The first kappa shape index (κ1) is 37.4. The smallest absolute Gasteiger partial charge is 0.310 e. The zero-order chi connectivity index (χ0) is 28.2. The van der Waals surface area contributed by atoms with Gasteiger partial charge in [-0.15, -0.1) is 34.8 Å². The number of hydrogen-bond acceptors (Lipinski definition) is 10. The molecule has 37 heavy (non-hydrogen) atoms. The summed E-state index contributed by atoms with van der Waals surface area (Å²) in [5, 5.41) is 8.66. The standard InChI is InChI=1S/C8H10N2O2.C6H7ClN2.C6H8N2O.CH2Cl2.Cl2OS/c1-2-12-8(11)3-7-4-9-6-10-5-7;7-2-1-6-3-8-5-9-4-6;9-2-1-6-3-7-5-8-4-6;2-1-3;1-4(2)3/h4-6H,2-3H2,1H3;3-5H,1-2H2;3-5,9H,1-2H2;1H2;. The van der Waals surface area contributed by atoms with Crippen molar-refractivity contribution in [1.82, 2.24) is 29.9 Å². The van der Waals surface area contributed by atoms with Crippen molar-refractivity contribution in [2.75, 3.05) is 24.4 Å². The van der Waals surface area contributed by atoms with Crippen LogP contribution in [0.3, 0.4) is 0 Å². The Morgan fingerprint density at radius 2 is 1.16 bits per heavy atom. The van der Waals surface area contributed by atoms with E-state index < -0.39 is 9.23 Å². The Morgan fingerprint density at radius 1 is 0.811 bits per heavy atom. The third-order valence-electron chi connectivity index (χ3n) is 3.28. The molecule has 3 aromatic heterocycles. The molecule has 206 valence electrons. The molecule has 0 bridgehead atoms. The second-order valence-corrected chi connectivity index (χ2v) is 9.63. The Balaban J connectivity index is 0. The molecule has 0 aliphatic carbocycles. The summed E-state index contributed by atoms with van der Waals surface area (Å²) in [6.07, 6.45) is 16.3. The summed E-state index contributed by atoms with van der Waals surface area (Å²) in [5.74, 6) is 0.389. The molecule has 0 fully saturated rings. The Labute approximate surface area is 242 Å². The van der Waals surface area contributed by atoms with E-state index in [0.717, 1.165) is 23.1 Å². The molecule has 3 aromatic rings. The number of carbonyl (C=O) groups is 1. The summed E-state index contributed by atoms with van der Waals surface area (Å²) in [6.45, 7) is 2.35. The number of rotatable bonds is 7. The molecule has 1 N–H and O–H groups in total. The lowest BCUT2D eigenvalue weighted by atomic mass is 10.2. The van der Waals surface area contributed by atoms with Gasteiger partial charge in [0.1, 0.15) is 19.0 Å². The van der Waals surface area contributed by atoms with Gasteiger partial charge < -0.3 is 9.84 Å². The maximum absolute atomic E-state index is 10.9. The number of hydrogen-bond donors (Lipinski definition) is 1. The van der Waals surface area contributed by atoms with Crippen molar-refractivity contribution < 1.29 is 18.8 Å². The molecule has 16 heteroatoms. The number of aliphatic hydroxyl groups is 1. The number of halogens is 5. The van der Waals surface area contributed by atoms with Crippen LogP contribution in [-0.2, 0) is 38.0 Å². The summed E-state index contributed by atoms with van der Waals surface area (Å²) < 4.78 is 13.8. The van der Waals surface area contributed by atoms with Crippen molar-refractivity contribution in [2.24, 2.45) is 0 Å². The summed E-state index contributed by atoms with van der Waals surface area (Å²) >= 11 is 15.0. The van der Waals surface area contributed by atoms with Gasteiger partial charge in [0.05, 0.1) is 18.4 Å². The van der Waals surface area contributed by atoms with Crippen LogP contribution in [-0.4, -0.2) is 69.6 Å². The van der Waals surface area contributed by atoms with Crippen molar-refractivity contribution in [3.05, 3.63) is 72.9 Å². The van der Waals surface area contributed by atoms with Crippen LogP contribution in [0.2, 0.25) is 0 Å². The molecule has 3 heterocycles. The molecule has 0 aliphatic rings. The molecule has 3 rings (SSSR count). The van der Waals surface area contributed by atoms with Gasteiger partial charge in [-0.2, -0.15) is 0 Å². The average Bonchev–Trinajstić information content (AvgIpc) is 2.88. The number of aromatic nitrogens is 6. The molecule has 0 radical (unpaired) electrons. The van der Waals surface area contributed by atoms with Crippen LogP contribution >= 0.6 is 56.2 Å². The van der Waals surface area contributed by atoms with Gasteiger partial charge in [0.25, 0.3) is 0 Å². The van der Waals surface area contributed by atoms with E-state index in [-0.39, 0.29) is 24.3 Å². The van der Waals surface area contributed by atoms with Gasteiger partial charge >= 0.3 is 5.97 Å². The number of esters is 1. The first-order valence-electron chi connectivity index (χ1n) is 10.2. The van der Waals surface area contributed by atoms with Crippen LogP contribution in [0.1, 0.15) is 23.6 Å². The lowest BCUT2D eigenvalue weighted by Gasteiger charge is -1.99. The molecule has 0 saturated heterocycles. The first-order chi connectivity index (χ1) is 17.8. The average molecular weight is 637 g/mol. The number of nitrogens with zero attached hydrogens (tertiary/aromatic N) is 6. The largest absolute Gasteiger partial charge is 0.466 e. The summed E-state index contributed by atoms with van der Waals surface area (Å²) in [5.41, 5.74) is 2.84. The quantitative estimate of drug-likeness (QED) is 0.227. The maximum atomic E-state index is 10.9. The Morgan fingerprint density at radius 3 is 1.49 bits per heavy atom. The third-order valence-corrected chi connectivity index (χ3v) is 3.47. The summed E-state index contributed by atoms with van der Waals surface area (Å²) in [4.78, 5) is 33.7. The molecule has 0 atom stereocenters. The highest BCUT2D eigenvalue weighted by molar-refractivity contribution is 8.26. The fourth-order valence-corrected chi connectivity index (χ4v) is 2.17. The number of aryl methyl sites for hydroxylation is 1. The predicted octanol–water partition coefficient (Wildman–Crippen LogP) is 4.32. The minimum atomic E-state index is -1.67. The fraction of sp³-hybridized carbons (Fsp3) is 0.381. The first-order valence-corrected chi connectivity index (χ1v) is 14.6. The number of aliphatic hydroxyl groups excluding tert-OH is 1. The molecule has 0 unspecified atom stereocenters. The van der Waals surface area contributed by atoms with Crippen LogP contribution in [0, 0.1) is 0 Å². The Kier molecular flexibility index (Phi) is 29.2. The number of alkyl halides is 3. The van der Waals surface area contributed by atoms with E-state index in [0.29, 0.717) is 18.9 Å². The molecular weight excluding hydrogens is 610 g/mol. The van der Waals surface area contributed by atoms with Gasteiger partial charge in [0.2, 0.25) is 9.23 Å². The monoisotopic (exact) mass is 634 g/mol. The molecule has 0 aromatic carbocycles. The zero-order valence-electron chi connectivity index (χ0n) is 19.8. The van der Waals surface area contributed by atoms with E-state index in [9.17, 15) is 4.79 Å². The highest BCUT2D eigenvalue weighted by atomic mass is 36.0. The van der Waals surface area contributed by atoms with Crippen molar-refractivity contribution >= 4 is 71.4 Å². The number of carbonyl (C=O) groups excluding carboxylic acids is 1. The van der Waals surface area contributed by atoms with Gasteiger partial charge in [0.15, 0.2) is 0 Å². The lowest BCUT2D eigenvalue weighted by molar-refractivity contribution is -0.142. The third kappa shape index (κ3) is 28.7. The van der Waals surface area contributed by atoms with Crippen LogP contribution in [0.5, 0.6) is 0 Å². The minimum Gasteiger partial charge on any atom is -0.466 e. The molecule has 0 spiro atoms. The molecule has 0 aliphatic heterocycles. The second kappa shape index (κ2) is 28.8. The molecular formula is C21H27Cl5N6O4S. The van der Waals surface area contributed by atoms with Crippen molar-refractivity contribution in [2.45, 2.75) is 26.2 Å². The highest BCUT2D eigenvalue weighted by Gasteiger charge is 2.02. The van der Waals surface area contributed by atoms with Crippen LogP contribution in [0.15, 0.2) is 56.2 Å². The van der Waals surface area contributed by atoms with E-state index in [1.54, 1.807) is 44.1 Å². The topological polar surface area (TPSA) is 141 Å². The van der Waals surface area contributed by atoms with Gasteiger partial charge in [-0.25, -0.2) is 34.1 Å². The van der Waals surface area contributed by atoms with Gasteiger partial charge in [-0.1, -0.05) is 0 Å². The van der Waals surface area contributed by atoms with Crippen LogP contribution in [0.25, 0.3) is 0 Å². The lowest BCUT2D eigenvalue weighted by Crippen LogP contribution is -2.07. The fourth-order valence-electron chi connectivity index (χ4n) is 1.96. The molecule has 10 nitrogen and oxygen atoms in total. The van der Waals surface area contributed by atoms with Crippen molar-refractivity contribution in [1.29, 1.82) is 0 Å². The number of ether oxygens (including phenoxy) is 1. The normalized spacial score (nSPS) is 9.08. The van der Waals surface area contributed by atoms with Crippen molar-refractivity contribution in [3.63, 3.8) is 0 Å². The summed E-state index contributed by atoms with van der Waals surface area (Å²) in [6, 6.07) is 0. The predicted molar refractivity (Wildman–Crippen MR) is 148 cm³/mol. The maximum Gasteiger partial charge on any atom is 0.310 e. The SMILES string of the molecule is CCOC(=O)Cc1cncnc1.ClCCc1cncnc1.ClCCl.O=S(Cl)Cl.OCCc1cncnc1. The molecule has 0 saturated carbocycles. The Hall–Kier alpha value is -1.73. The van der Waals surface area contributed by atoms with E-state index in [2.05, 4.69) is 51.3 Å². The van der Waals surface area contributed by atoms with E-state index in [4.69, 9.17) is 48.9 Å². The van der Waals surface area contributed by atoms with Gasteiger partial charge in [-0.3, -0.25) is 4.79 Å². The Bertz CT molecular complexity index is 880. The zero-order valence-corrected chi connectivity index (χ0v) is 24.4. The molecule has 0 amide bonds. The van der Waals surface area contributed by atoms with Crippen LogP contribution in [0.4, 0.5) is 0 Å². The minimum absolute atomic E-state index is 0.160. The summed E-state index contributed by atoms with van der Waals surface area (Å²) in [7, 11) is 7.36.